The molecule has 0 bridgehead atoms. The number of imidazole rings is 1. The zero-order valence-electron chi connectivity index (χ0n) is 11.7. The number of hydrogen-bond donors (Lipinski definition) is 2. The van der Waals surface area contributed by atoms with Gasteiger partial charge in [-0.2, -0.15) is 0 Å². The first-order chi connectivity index (χ1) is 9.27. The van der Waals surface area contributed by atoms with Gasteiger partial charge in [-0.25, -0.2) is 4.98 Å². The van der Waals surface area contributed by atoms with Crippen molar-refractivity contribution in [2.75, 3.05) is 19.6 Å². The smallest absolute Gasteiger partial charge is 0.227 e. The lowest BCUT2D eigenvalue weighted by molar-refractivity contribution is -0.130. The van der Waals surface area contributed by atoms with Crippen molar-refractivity contribution >= 4 is 5.91 Å². The summed E-state index contributed by atoms with van der Waals surface area (Å²) in [6.07, 6.45) is 9.54. The minimum atomic E-state index is -0.162. The number of unbranched alkanes of at least 4 members (excludes halogenated alkanes) is 1. The number of carbonyl (C=O) groups excluding carboxylic acids is 1. The average molecular weight is 264 g/mol. The van der Waals surface area contributed by atoms with Crippen LogP contribution in [0, 0.1) is 5.41 Å². The van der Waals surface area contributed by atoms with Crippen LogP contribution in [0.1, 0.15) is 32.6 Å². The summed E-state index contributed by atoms with van der Waals surface area (Å²) >= 11 is 0. The molecule has 1 atom stereocenters. The second kappa shape index (κ2) is 6.70. The van der Waals surface area contributed by atoms with E-state index in [-0.39, 0.29) is 11.3 Å². The molecule has 1 aliphatic heterocycles. The van der Waals surface area contributed by atoms with Gasteiger partial charge in [0.2, 0.25) is 5.91 Å². The molecule has 19 heavy (non-hydrogen) atoms. The van der Waals surface area contributed by atoms with Crippen LogP contribution >= 0.6 is 0 Å². The molecule has 1 fully saturated rings. The van der Waals surface area contributed by atoms with E-state index in [2.05, 4.69) is 27.1 Å². The predicted octanol–water partition coefficient (Wildman–Crippen LogP) is 1.17. The number of aromatic nitrogens is 2. The SMILES string of the molecule is CCC1(C(=O)NCCCCn2ccnc2)CCNC1. The molecule has 0 radical (unpaired) electrons. The van der Waals surface area contributed by atoms with E-state index >= 15 is 0 Å². The van der Waals surface area contributed by atoms with Gasteiger partial charge in [-0.3, -0.25) is 4.79 Å². The van der Waals surface area contributed by atoms with E-state index in [1.165, 1.54) is 0 Å². The van der Waals surface area contributed by atoms with Gasteiger partial charge in [0.05, 0.1) is 11.7 Å². The lowest BCUT2D eigenvalue weighted by Crippen LogP contribution is -2.42. The van der Waals surface area contributed by atoms with Crippen molar-refractivity contribution < 1.29 is 4.79 Å². The van der Waals surface area contributed by atoms with Gasteiger partial charge >= 0.3 is 0 Å². The fraction of sp³-hybridized carbons (Fsp3) is 0.714. The molecule has 2 rings (SSSR count). The van der Waals surface area contributed by atoms with E-state index in [0.29, 0.717) is 0 Å². The molecule has 1 aliphatic rings. The Morgan fingerprint density at radius 1 is 1.53 bits per heavy atom. The summed E-state index contributed by atoms with van der Waals surface area (Å²) in [4.78, 5) is 16.2. The molecule has 1 aromatic rings. The number of carbonyl (C=O) groups is 1. The normalized spacial score (nSPS) is 22.6. The maximum absolute atomic E-state index is 12.2. The highest BCUT2D eigenvalue weighted by atomic mass is 16.2. The van der Waals surface area contributed by atoms with Crippen LogP contribution < -0.4 is 10.6 Å². The lowest BCUT2D eigenvalue weighted by atomic mass is 9.83. The number of nitrogens with zero attached hydrogens (tertiary/aromatic N) is 2. The topological polar surface area (TPSA) is 59.0 Å². The standard InChI is InChI=1S/C14H24N4O/c1-2-14(5-7-15-11-14)13(19)17-6-3-4-9-18-10-8-16-12-18/h8,10,12,15H,2-7,9,11H2,1H3,(H,17,19). The first-order valence-corrected chi connectivity index (χ1v) is 7.21. The molecule has 2 N–H and O–H groups in total. The van der Waals surface area contributed by atoms with Crippen molar-refractivity contribution in [3.63, 3.8) is 0 Å². The van der Waals surface area contributed by atoms with Crippen LogP contribution in [0.4, 0.5) is 0 Å². The fourth-order valence-electron chi connectivity index (χ4n) is 2.63. The molecular weight excluding hydrogens is 240 g/mol. The summed E-state index contributed by atoms with van der Waals surface area (Å²) in [7, 11) is 0. The van der Waals surface area contributed by atoms with Gasteiger partial charge in [0, 0.05) is 32.0 Å². The van der Waals surface area contributed by atoms with Gasteiger partial charge in [-0.05, 0) is 32.2 Å². The van der Waals surface area contributed by atoms with Crippen LogP contribution in [0.5, 0.6) is 0 Å². The molecule has 1 unspecified atom stereocenters. The molecule has 0 saturated carbocycles. The third-order valence-corrected chi connectivity index (χ3v) is 4.09. The Morgan fingerprint density at radius 2 is 2.42 bits per heavy atom. The first kappa shape index (κ1) is 14.1. The summed E-state index contributed by atoms with van der Waals surface area (Å²) in [5.74, 6) is 0.225. The van der Waals surface area contributed by atoms with Crippen molar-refractivity contribution in [2.45, 2.75) is 39.2 Å². The van der Waals surface area contributed by atoms with Gasteiger partial charge in [-0.1, -0.05) is 6.92 Å². The highest BCUT2D eigenvalue weighted by Crippen LogP contribution is 2.29. The molecule has 106 valence electrons. The van der Waals surface area contributed by atoms with Crippen molar-refractivity contribution in [2.24, 2.45) is 5.41 Å². The summed E-state index contributed by atoms with van der Waals surface area (Å²) in [5.41, 5.74) is -0.162. The number of aryl methyl sites for hydroxylation is 1. The predicted molar refractivity (Wildman–Crippen MR) is 74.7 cm³/mol. The molecule has 2 heterocycles. The van der Waals surface area contributed by atoms with Gasteiger partial charge in [0.25, 0.3) is 0 Å². The Balaban J connectivity index is 1.63. The Hall–Kier alpha value is -1.36. The molecule has 1 amide bonds. The zero-order valence-corrected chi connectivity index (χ0v) is 11.7. The highest BCUT2D eigenvalue weighted by Gasteiger charge is 2.38. The molecular formula is C14H24N4O. The summed E-state index contributed by atoms with van der Waals surface area (Å²) in [5, 5.41) is 6.39. The Labute approximate surface area is 114 Å². The van der Waals surface area contributed by atoms with Crippen LogP contribution in [-0.4, -0.2) is 35.1 Å². The summed E-state index contributed by atoms with van der Waals surface area (Å²) < 4.78 is 2.07. The molecule has 0 aromatic carbocycles. The zero-order chi connectivity index (χ0) is 13.6. The van der Waals surface area contributed by atoms with E-state index in [1.807, 2.05) is 12.5 Å². The van der Waals surface area contributed by atoms with Gasteiger partial charge < -0.3 is 15.2 Å². The first-order valence-electron chi connectivity index (χ1n) is 7.21. The second-order valence-corrected chi connectivity index (χ2v) is 5.32. The summed E-state index contributed by atoms with van der Waals surface area (Å²) in [6.45, 7) is 5.63. The van der Waals surface area contributed by atoms with E-state index < -0.39 is 0 Å². The largest absolute Gasteiger partial charge is 0.356 e. The quantitative estimate of drug-likeness (QED) is 0.727. The maximum Gasteiger partial charge on any atom is 0.227 e. The third kappa shape index (κ3) is 3.56. The van der Waals surface area contributed by atoms with Gasteiger partial charge in [0.15, 0.2) is 0 Å². The highest BCUT2D eigenvalue weighted by molar-refractivity contribution is 5.83. The van der Waals surface area contributed by atoms with Crippen molar-refractivity contribution in [1.82, 2.24) is 20.2 Å². The van der Waals surface area contributed by atoms with Crippen LogP contribution in [0.2, 0.25) is 0 Å². The Bertz CT molecular complexity index is 382. The molecule has 0 aliphatic carbocycles. The molecule has 1 aromatic heterocycles. The van der Waals surface area contributed by atoms with Crippen LogP contribution in [0.25, 0.3) is 0 Å². The maximum atomic E-state index is 12.2. The van der Waals surface area contributed by atoms with Crippen LogP contribution in [-0.2, 0) is 11.3 Å². The molecule has 5 heteroatoms. The number of rotatable bonds is 7. The Kier molecular flexibility index (Phi) is 4.96. The van der Waals surface area contributed by atoms with Crippen molar-refractivity contribution in [3.05, 3.63) is 18.7 Å². The van der Waals surface area contributed by atoms with Crippen molar-refractivity contribution in [1.29, 1.82) is 0 Å². The summed E-state index contributed by atoms with van der Waals surface area (Å²) in [6, 6.07) is 0. The molecule has 1 saturated heterocycles. The second-order valence-electron chi connectivity index (χ2n) is 5.32. The monoisotopic (exact) mass is 264 g/mol. The molecule has 0 spiro atoms. The van der Waals surface area contributed by atoms with E-state index in [9.17, 15) is 4.79 Å². The minimum absolute atomic E-state index is 0.162. The van der Waals surface area contributed by atoms with Gasteiger partial charge in [-0.15, -0.1) is 0 Å². The third-order valence-electron chi connectivity index (χ3n) is 4.09. The van der Waals surface area contributed by atoms with Gasteiger partial charge in [0.1, 0.15) is 0 Å². The number of hydrogen-bond acceptors (Lipinski definition) is 3. The van der Waals surface area contributed by atoms with E-state index in [1.54, 1.807) is 6.20 Å². The van der Waals surface area contributed by atoms with E-state index in [0.717, 1.165) is 51.9 Å². The Morgan fingerprint density at radius 3 is 3.05 bits per heavy atom. The lowest BCUT2D eigenvalue weighted by Gasteiger charge is -2.25. The van der Waals surface area contributed by atoms with E-state index in [4.69, 9.17) is 0 Å². The van der Waals surface area contributed by atoms with Crippen LogP contribution in [0.3, 0.4) is 0 Å². The number of amides is 1. The van der Waals surface area contributed by atoms with Crippen molar-refractivity contribution in [3.8, 4) is 0 Å². The average Bonchev–Trinajstić information content (AvgIpc) is 3.10. The van der Waals surface area contributed by atoms with Crippen LogP contribution in [0.15, 0.2) is 18.7 Å². The number of nitrogens with one attached hydrogen (secondary N) is 2. The fourth-order valence-corrected chi connectivity index (χ4v) is 2.63. The molecule has 5 nitrogen and oxygen atoms in total. The minimum Gasteiger partial charge on any atom is -0.356 e.